The van der Waals surface area contributed by atoms with E-state index in [0.717, 1.165) is 0 Å². The van der Waals surface area contributed by atoms with Crippen molar-refractivity contribution in [2.45, 2.75) is 48.8 Å². The van der Waals surface area contributed by atoms with Crippen LogP contribution >= 0.6 is 0 Å². The van der Waals surface area contributed by atoms with Crippen molar-refractivity contribution in [3.63, 3.8) is 0 Å². The van der Waals surface area contributed by atoms with Crippen LogP contribution < -0.4 is 4.74 Å². The van der Waals surface area contributed by atoms with Gasteiger partial charge in [0, 0.05) is 18.4 Å². The van der Waals surface area contributed by atoms with Crippen LogP contribution in [0.1, 0.15) is 59.2 Å². The minimum Gasteiger partial charge on any atom is -0.497 e. The van der Waals surface area contributed by atoms with Crippen LogP contribution in [0, 0.1) is 0 Å². The number of esters is 3. The van der Waals surface area contributed by atoms with E-state index < -0.39 is 90.3 Å². The van der Waals surface area contributed by atoms with Crippen LogP contribution in [0.3, 0.4) is 0 Å². The fraction of sp³-hybridized carbons (Fsp3) is 0.217. The van der Waals surface area contributed by atoms with E-state index in [1.165, 1.54) is 104 Å². The first-order chi connectivity index (χ1) is 29.3. The number of rotatable bonds is 13. The van der Waals surface area contributed by atoms with Crippen molar-refractivity contribution < 1.29 is 60.7 Å². The molecular formula is C46H38F4N2O9. The fourth-order valence-corrected chi connectivity index (χ4v) is 7.23. The Bertz CT molecular complexity index is 2440. The number of hydrogen-bond donors (Lipinski definition) is 2. The molecule has 6 aromatic rings. The third-order valence-electron chi connectivity index (χ3n) is 10.2. The van der Waals surface area contributed by atoms with Crippen molar-refractivity contribution in [2.75, 3.05) is 13.7 Å². The largest absolute Gasteiger partial charge is 0.497 e. The highest BCUT2D eigenvalue weighted by molar-refractivity contribution is 5.91. The highest BCUT2D eigenvalue weighted by Gasteiger charge is 2.72. The summed E-state index contributed by atoms with van der Waals surface area (Å²) >= 11 is 0. The number of alkyl halides is 4. The second-order valence-corrected chi connectivity index (χ2v) is 14.2. The van der Waals surface area contributed by atoms with Gasteiger partial charge >= 0.3 is 24.1 Å². The predicted molar refractivity (Wildman–Crippen MR) is 210 cm³/mol. The van der Waals surface area contributed by atoms with Gasteiger partial charge in [0.2, 0.25) is 5.60 Å². The highest BCUT2D eigenvalue weighted by atomic mass is 19.4. The third kappa shape index (κ3) is 8.88. The topological polar surface area (TPSA) is 146 Å². The summed E-state index contributed by atoms with van der Waals surface area (Å²) in [4.78, 5) is 41.6. The molecule has 0 radical (unpaired) electrons. The molecule has 0 saturated carbocycles. The van der Waals surface area contributed by atoms with E-state index >= 15 is 17.6 Å². The van der Waals surface area contributed by atoms with Crippen LogP contribution in [-0.4, -0.2) is 70.9 Å². The van der Waals surface area contributed by atoms with Crippen molar-refractivity contribution in [2.24, 2.45) is 0 Å². The monoisotopic (exact) mass is 838 g/mol. The van der Waals surface area contributed by atoms with Gasteiger partial charge in [0.25, 0.3) is 5.79 Å². The third-order valence-corrected chi connectivity index (χ3v) is 10.2. The minimum atomic E-state index is -5.12. The van der Waals surface area contributed by atoms with Gasteiger partial charge in [-0.25, -0.2) is 18.8 Å². The van der Waals surface area contributed by atoms with Crippen molar-refractivity contribution in [1.29, 1.82) is 0 Å². The van der Waals surface area contributed by atoms with E-state index in [1.54, 1.807) is 48.5 Å². The maximum absolute atomic E-state index is 17.7. The number of hydrogen-bond acceptors (Lipinski definition) is 10. The van der Waals surface area contributed by atoms with Gasteiger partial charge in [-0.2, -0.15) is 18.3 Å². The lowest BCUT2D eigenvalue weighted by molar-refractivity contribution is -0.389. The Balaban J connectivity index is 1.48. The first kappa shape index (κ1) is 42.3. The zero-order valence-electron chi connectivity index (χ0n) is 32.4. The van der Waals surface area contributed by atoms with Crippen molar-refractivity contribution in [3.05, 3.63) is 190 Å². The number of ether oxygens (including phenoxy) is 5. The van der Waals surface area contributed by atoms with Crippen LogP contribution in [0.25, 0.3) is 0 Å². The lowest BCUT2D eigenvalue weighted by Crippen LogP contribution is -2.74. The number of aromatic nitrogens is 2. The van der Waals surface area contributed by atoms with Gasteiger partial charge in [0.05, 0.1) is 23.8 Å². The summed E-state index contributed by atoms with van der Waals surface area (Å²) < 4.78 is 91.9. The fourth-order valence-electron chi connectivity index (χ4n) is 7.23. The first-order valence-electron chi connectivity index (χ1n) is 19.0. The molecular weight excluding hydrogens is 801 g/mol. The molecule has 1 saturated heterocycles. The summed E-state index contributed by atoms with van der Waals surface area (Å²) in [6.07, 6.45) is -13.4. The number of carbonyl (C=O) groups is 3. The van der Waals surface area contributed by atoms with E-state index in [-0.39, 0.29) is 27.8 Å². The molecule has 1 aromatic heterocycles. The molecule has 5 aromatic carbocycles. The molecule has 0 amide bonds. The van der Waals surface area contributed by atoms with Gasteiger partial charge in [0.15, 0.2) is 12.3 Å². The Hall–Kier alpha value is -6.84. The van der Waals surface area contributed by atoms with Gasteiger partial charge in [0.1, 0.15) is 29.8 Å². The van der Waals surface area contributed by atoms with Crippen LogP contribution in [0.5, 0.6) is 5.75 Å². The molecule has 314 valence electrons. The molecule has 61 heavy (non-hydrogen) atoms. The molecule has 0 aliphatic carbocycles. The molecule has 1 aliphatic heterocycles. The van der Waals surface area contributed by atoms with Crippen LogP contribution in [0.2, 0.25) is 0 Å². The molecule has 1 aliphatic rings. The summed E-state index contributed by atoms with van der Waals surface area (Å²) in [7, 11) is 1.41. The Kier molecular flexibility index (Phi) is 12.3. The summed E-state index contributed by atoms with van der Waals surface area (Å²) in [5.74, 6) is -6.29. The molecule has 0 spiro atoms. The molecule has 0 bridgehead atoms. The number of nitrogens with zero attached hydrogens (tertiary/aromatic N) is 1. The lowest BCUT2D eigenvalue weighted by Gasteiger charge is -2.54. The van der Waals surface area contributed by atoms with Gasteiger partial charge in [-0.3, -0.25) is 5.10 Å². The van der Waals surface area contributed by atoms with Crippen molar-refractivity contribution >= 4 is 17.9 Å². The van der Waals surface area contributed by atoms with E-state index in [1.807, 2.05) is 5.10 Å². The lowest BCUT2D eigenvalue weighted by atomic mass is 9.73. The van der Waals surface area contributed by atoms with Crippen molar-refractivity contribution in [1.82, 2.24) is 10.2 Å². The molecule has 15 heteroatoms. The standard InChI is InChI=1S/C46H38F4N2O9/c1-57-34-24-22-29(23-25-34)26-35-38(51-52-39(35)46(48,49)50)45(56)44(27-30-14-6-2-7-15-30,61-43(55)33-20-12-5-13-21-33)40(59-42(54)32-18-10-4-11-19-32)37(47)36(60-45)28-58-41(53)31-16-8-3-9-17-31/h2-25,36-37,40,56H,26-28H2,1H3,(H,51,52)/t36-,37-,40+,44-,45-/m1/s1. The van der Waals surface area contributed by atoms with E-state index in [4.69, 9.17) is 23.7 Å². The second kappa shape index (κ2) is 17.8. The zero-order chi connectivity index (χ0) is 43.2. The first-order valence-corrected chi connectivity index (χ1v) is 19.0. The minimum absolute atomic E-state index is 0.0650. The van der Waals surface area contributed by atoms with Crippen LogP contribution in [0.15, 0.2) is 146 Å². The molecule has 0 unspecified atom stereocenters. The van der Waals surface area contributed by atoms with Crippen LogP contribution in [-0.2, 0) is 43.8 Å². The zero-order valence-corrected chi connectivity index (χ0v) is 32.4. The van der Waals surface area contributed by atoms with Crippen molar-refractivity contribution in [3.8, 4) is 5.75 Å². The average molecular weight is 839 g/mol. The molecule has 7 rings (SSSR count). The number of H-pyrrole nitrogens is 1. The summed E-state index contributed by atoms with van der Waals surface area (Å²) in [5, 5.41) is 19.5. The Labute approximate surface area is 346 Å². The number of carbonyl (C=O) groups excluding carboxylic acids is 3. The smallest absolute Gasteiger partial charge is 0.433 e. The van der Waals surface area contributed by atoms with Gasteiger partial charge < -0.3 is 28.8 Å². The summed E-state index contributed by atoms with van der Waals surface area (Å²) in [5.41, 5.74) is -5.55. The number of aliphatic hydroxyl groups is 1. The number of benzene rings is 5. The molecule has 11 nitrogen and oxygen atoms in total. The maximum Gasteiger partial charge on any atom is 0.433 e. The predicted octanol–water partition coefficient (Wildman–Crippen LogP) is 7.83. The van der Waals surface area contributed by atoms with E-state index in [2.05, 4.69) is 5.10 Å². The quantitative estimate of drug-likeness (QED) is 0.0671. The number of nitrogens with one attached hydrogen (secondary N) is 1. The normalized spacial score (nSPS) is 21.2. The molecule has 2 N–H and O–H groups in total. The van der Waals surface area contributed by atoms with Gasteiger partial charge in [-0.1, -0.05) is 97.1 Å². The van der Waals surface area contributed by atoms with E-state index in [9.17, 15) is 19.5 Å². The number of methoxy groups -OCH3 is 1. The molecule has 5 atom stereocenters. The SMILES string of the molecule is COc1ccc(Cc2c([C@@]3(O)O[C@H](COC(=O)c4ccccc4)[C@@H](F)[C@H](OC(=O)c4ccccc4)[C@@]3(Cc3ccccc3)OC(=O)c3ccccc3)n[nH]c2C(F)(F)F)cc1. The van der Waals surface area contributed by atoms with Gasteiger partial charge in [-0.05, 0) is 59.7 Å². The van der Waals surface area contributed by atoms with Gasteiger partial charge in [-0.15, -0.1) is 0 Å². The highest BCUT2D eigenvalue weighted by Crippen LogP contribution is 2.52. The Morgan fingerprint density at radius 3 is 1.80 bits per heavy atom. The second-order valence-electron chi connectivity index (χ2n) is 14.2. The van der Waals surface area contributed by atoms with E-state index in [0.29, 0.717) is 5.75 Å². The van der Waals surface area contributed by atoms with Crippen LogP contribution in [0.4, 0.5) is 17.6 Å². The summed E-state index contributed by atoms with van der Waals surface area (Å²) in [6, 6.07) is 36.2. The molecule has 2 heterocycles. The maximum atomic E-state index is 17.7. The Morgan fingerprint density at radius 2 is 1.26 bits per heavy atom. The molecule has 1 fully saturated rings. The Morgan fingerprint density at radius 1 is 0.738 bits per heavy atom. The average Bonchev–Trinajstić information content (AvgIpc) is 3.72. The number of aromatic amines is 1. The number of halogens is 4. The summed E-state index contributed by atoms with van der Waals surface area (Å²) in [6.45, 7) is -0.963.